The molecule has 0 aromatic carbocycles. The maximum absolute atomic E-state index is 12.0. The van der Waals surface area contributed by atoms with Gasteiger partial charge in [-0.3, -0.25) is 0 Å². The number of sulfonamides is 1. The summed E-state index contributed by atoms with van der Waals surface area (Å²) in [4.78, 5) is 3.76. The molecule has 8 heteroatoms. The lowest BCUT2D eigenvalue weighted by Crippen LogP contribution is -2.34. The van der Waals surface area contributed by atoms with Crippen LogP contribution in [0.3, 0.4) is 0 Å². The molecule has 0 atom stereocenters. The molecule has 1 heterocycles. The Morgan fingerprint density at radius 1 is 1.56 bits per heavy atom. The van der Waals surface area contributed by atoms with Crippen LogP contribution in [-0.4, -0.2) is 36.2 Å². The van der Waals surface area contributed by atoms with Gasteiger partial charge in [-0.05, 0) is 11.8 Å². The van der Waals surface area contributed by atoms with Crippen molar-refractivity contribution in [2.24, 2.45) is 12.5 Å². The number of aromatic nitrogens is 2. The second kappa shape index (κ2) is 5.56. The molecular formula is C10H18ClN3O3S. The fourth-order valence-corrected chi connectivity index (χ4v) is 2.99. The molecule has 0 aliphatic heterocycles. The molecule has 0 saturated heterocycles. The Balaban J connectivity index is 2.81. The Morgan fingerprint density at radius 3 is 2.61 bits per heavy atom. The van der Waals surface area contributed by atoms with E-state index in [1.54, 1.807) is 7.05 Å². The van der Waals surface area contributed by atoms with Crippen LogP contribution in [0.2, 0.25) is 5.15 Å². The Labute approximate surface area is 112 Å². The summed E-state index contributed by atoms with van der Waals surface area (Å²) >= 11 is 5.85. The maximum atomic E-state index is 12.0. The van der Waals surface area contributed by atoms with Gasteiger partial charge in [-0.2, -0.15) is 0 Å². The van der Waals surface area contributed by atoms with Crippen molar-refractivity contribution in [1.82, 2.24) is 14.3 Å². The van der Waals surface area contributed by atoms with Crippen molar-refractivity contribution in [3.05, 3.63) is 11.5 Å². The molecule has 0 aliphatic carbocycles. The third-order valence-electron chi connectivity index (χ3n) is 2.62. The lowest BCUT2D eigenvalue weighted by atomic mass is 9.90. The number of nitrogens with zero attached hydrogens (tertiary/aromatic N) is 2. The van der Waals surface area contributed by atoms with Gasteiger partial charge in [0.2, 0.25) is 5.03 Å². The van der Waals surface area contributed by atoms with Crippen LogP contribution in [0.5, 0.6) is 0 Å². The fraction of sp³-hybridized carbons (Fsp3) is 0.700. The average molecular weight is 296 g/mol. The number of hydrogen-bond donors (Lipinski definition) is 2. The molecule has 0 amide bonds. The summed E-state index contributed by atoms with van der Waals surface area (Å²) in [6.45, 7) is 3.96. The Kier molecular flexibility index (Phi) is 4.77. The van der Waals surface area contributed by atoms with E-state index >= 15 is 0 Å². The molecule has 0 radical (unpaired) electrons. The van der Waals surface area contributed by atoms with Gasteiger partial charge < -0.3 is 9.67 Å². The number of aliphatic hydroxyl groups excluding tert-OH is 1. The van der Waals surface area contributed by atoms with Gasteiger partial charge in [0.25, 0.3) is 10.0 Å². The third kappa shape index (κ3) is 3.68. The van der Waals surface area contributed by atoms with Crippen LogP contribution in [0.25, 0.3) is 0 Å². The van der Waals surface area contributed by atoms with Gasteiger partial charge in [-0.1, -0.05) is 25.4 Å². The maximum Gasteiger partial charge on any atom is 0.261 e. The largest absolute Gasteiger partial charge is 0.396 e. The first-order valence-electron chi connectivity index (χ1n) is 5.47. The Hall–Kier alpha value is -0.630. The second-order valence-corrected chi connectivity index (χ2v) is 6.95. The normalized spacial score (nSPS) is 12.9. The van der Waals surface area contributed by atoms with E-state index in [-0.39, 0.29) is 28.7 Å². The van der Waals surface area contributed by atoms with Crippen molar-refractivity contribution in [2.75, 3.05) is 13.2 Å². The standard InChI is InChI=1S/C10H18ClN3O3S/c1-10(2,4-5-15)6-13-18(16,17)9-8(11)14(3)7-12-9/h7,13,15H,4-6H2,1-3H3. The zero-order valence-corrected chi connectivity index (χ0v) is 12.2. The molecule has 0 bridgehead atoms. The molecule has 104 valence electrons. The lowest BCUT2D eigenvalue weighted by Gasteiger charge is -2.23. The first-order chi connectivity index (χ1) is 8.19. The van der Waals surface area contributed by atoms with Crippen molar-refractivity contribution >= 4 is 21.6 Å². The van der Waals surface area contributed by atoms with E-state index in [4.69, 9.17) is 16.7 Å². The summed E-state index contributed by atoms with van der Waals surface area (Å²) in [6.07, 6.45) is 1.85. The van der Waals surface area contributed by atoms with Gasteiger partial charge >= 0.3 is 0 Å². The molecule has 0 aliphatic rings. The molecule has 6 nitrogen and oxygen atoms in total. The summed E-state index contributed by atoms with van der Waals surface area (Å²) in [6, 6.07) is 0. The summed E-state index contributed by atoms with van der Waals surface area (Å²) in [5, 5.41) is 8.78. The van der Waals surface area contributed by atoms with Crippen LogP contribution in [0.15, 0.2) is 11.4 Å². The summed E-state index contributed by atoms with van der Waals surface area (Å²) in [7, 11) is -2.10. The molecule has 0 saturated carbocycles. The summed E-state index contributed by atoms with van der Waals surface area (Å²) in [5.74, 6) is 0. The van der Waals surface area contributed by atoms with Crippen LogP contribution in [0, 0.1) is 5.41 Å². The van der Waals surface area contributed by atoms with Crippen LogP contribution in [0.4, 0.5) is 0 Å². The van der Waals surface area contributed by atoms with Gasteiger partial charge in [-0.15, -0.1) is 0 Å². The van der Waals surface area contributed by atoms with E-state index in [1.807, 2.05) is 13.8 Å². The highest BCUT2D eigenvalue weighted by atomic mass is 35.5. The highest BCUT2D eigenvalue weighted by Gasteiger charge is 2.25. The number of imidazole rings is 1. The number of hydrogen-bond acceptors (Lipinski definition) is 4. The molecule has 2 N–H and O–H groups in total. The Bertz CT molecular complexity index is 510. The monoisotopic (exact) mass is 295 g/mol. The van der Waals surface area contributed by atoms with Crippen molar-refractivity contribution in [2.45, 2.75) is 25.3 Å². The predicted octanol–water partition coefficient (Wildman–Crippen LogP) is 0.760. The van der Waals surface area contributed by atoms with Gasteiger partial charge in [0, 0.05) is 20.2 Å². The summed E-state index contributed by atoms with van der Waals surface area (Å²) < 4.78 is 27.8. The number of aliphatic hydroxyl groups is 1. The van der Waals surface area contributed by atoms with Gasteiger partial charge in [-0.25, -0.2) is 18.1 Å². The zero-order chi connectivity index (χ0) is 14.0. The number of rotatable bonds is 6. The van der Waals surface area contributed by atoms with Crippen molar-refractivity contribution in [3.63, 3.8) is 0 Å². The van der Waals surface area contributed by atoms with Crippen molar-refractivity contribution < 1.29 is 13.5 Å². The first-order valence-corrected chi connectivity index (χ1v) is 7.33. The lowest BCUT2D eigenvalue weighted by molar-refractivity contribution is 0.213. The fourth-order valence-electron chi connectivity index (χ4n) is 1.32. The SMILES string of the molecule is Cn1cnc(S(=O)(=O)NCC(C)(C)CCO)c1Cl. The average Bonchev–Trinajstić information content (AvgIpc) is 2.58. The van der Waals surface area contributed by atoms with Crippen molar-refractivity contribution in [1.29, 1.82) is 0 Å². The minimum atomic E-state index is -3.72. The quantitative estimate of drug-likeness (QED) is 0.811. The van der Waals surface area contributed by atoms with E-state index in [2.05, 4.69) is 9.71 Å². The number of aryl methyl sites for hydroxylation is 1. The zero-order valence-electron chi connectivity index (χ0n) is 10.6. The highest BCUT2D eigenvalue weighted by Crippen LogP contribution is 2.21. The molecule has 18 heavy (non-hydrogen) atoms. The number of nitrogens with one attached hydrogen (secondary N) is 1. The first kappa shape index (κ1) is 15.4. The molecule has 1 rings (SSSR count). The van der Waals surface area contributed by atoms with Gasteiger partial charge in [0.15, 0.2) is 0 Å². The van der Waals surface area contributed by atoms with E-state index in [1.165, 1.54) is 10.9 Å². The van der Waals surface area contributed by atoms with Crippen LogP contribution < -0.4 is 4.72 Å². The van der Waals surface area contributed by atoms with E-state index in [0.717, 1.165) is 0 Å². The molecule has 0 spiro atoms. The minimum Gasteiger partial charge on any atom is -0.396 e. The van der Waals surface area contributed by atoms with Gasteiger partial charge in [0.1, 0.15) is 5.15 Å². The smallest absolute Gasteiger partial charge is 0.261 e. The number of halogens is 1. The molecule has 0 unspecified atom stereocenters. The van der Waals surface area contributed by atoms with Crippen LogP contribution in [0.1, 0.15) is 20.3 Å². The summed E-state index contributed by atoms with van der Waals surface area (Å²) in [5.41, 5.74) is -0.330. The second-order valence-electron chi connectivity index (χ2n) is 4.91. The van der Waals surface area contributed by atoms with Crippen LogP contribution in [-0.2, 0) is 17.1 Å². The minimum absolute atomic E-state index is 0.0130. The Morgan fingerprint density at radius 2 is 2.17 bits per heavy atom. The highest BCUT2D eigenvalue weighted by molar-refractivity contribution is 7.89. The van der Waals surface area contributed by atoms with Crippen molar-refractivity contribution in [3.8, 4) is 0 Å². The molecule has 1 aromatic heterocycles. The topological polar surface area (TPSA) is 84.2 Å². The molecular weight excluding hydrogens is 278 g/mol. The third-order valence-corrected chi connectivity index (χ3v) is 4.51. The predicted molar refractivity (Wildman–Crippen MR) is 68.9 cm³/mol. The van der Waals surface area contributed by atoms with E-state index < -0.39 is 10.0 Å². The molecule has 1 aromatic rings. The van der Waals surface area contributed by atoms with E-state index in [0.29, 0.717) is 6.42 Å². The van der Waals surface area contributed by atoms with Crippen LogP contribution >= 0.6 is 11.6 Å². The van der Waals surface area contributed by atoms with Gasteiger partial charge in [0.05, 0.1) is 6.33 Å². The van der Waals surface area contributed by atoms with E-state index in [9.17, 15) is 8.42 Å². The molecule has 0 fully saturated rings.